The Kier molecular flexibility index (Phi) is 3.07. The molecule has 2 atom stereocenters. The third-order valence-corrected chi connectivity index (χ3v) is 6.02. The van der Waals surface area contributed by atoms with E-state index in [0.717, 1.165) is 28.6 Å². The van der Waals surface area contributed by atoms with Crippen LogP contribution in [-0.4, -0.2) is 33.1 Å². The van der Waals surface area contributed by atoms with Crippen molar-refractivity contribution in [3.8, 4) is 11.3 Å². The summed E-state index contributed by atoms with van der Waals surface area (Å²) in [6.45, 7) is 4.65. The lowest BCUT2D eigenvalue weighted by Gasteiger charge is -2.15. The molecule has 1 aliphatic heterocycles. The molecule has 124 valence electrons. The van der Waals surface area contributed by atoms with Gasteiger partial charge >= 0.3 is 0 Å². The molecule has 1 saturated carbocycles. The second-order valence-corrected chi connectivity index (χ2v) is 7.58. The van der Waals surface area contributed by atoms with Crippen LogP contribution >= 0.6 is 0 Å². The van der Waals surface area contributed by atoms with Crippen molar-refractivity contribution in [1.29, 1.82) is 0 Å². The highest BCUT2D eigenvalue weighted by Gasteiger charge is 2.38. The Morgan fingerprint density at radius 1 is 1.17 bits per heavy atom. The van der Waals surface area contributed by atoms with E-state index < -0.39 is 0 Å². The summed E-state index contributed by atoms with van der Waals surface area (Å²) in [4.78, 5) is 0. The lowest BCUT2D eigenvalue weighted by Crippen LogP contribution is -2.11. The van der Waals surface area contributed by atoms with Gasteiger partial charge in [-0.05, 0) is 73.9 Å². The van der Waals surface area contributed by atoms with Crippen LogP contribution in [0.25, 0.3) is 22.2 Å². The average Bonchev–Trinajstić information content (AvgIpc) is 3.28. The van der Waals surface area contributed by atoms with E-state index in [2.05, 4.69) is 39.7 Å². The van der Waals surface area contributed by atoms with E-state index in [4.69, 9.17) is 0 Å². The molecule has 1 aliphatic carbocycles. The number of rotatable bonds is 2. The fraction of sp³-hybridized carbons (Fsp3) is 0.474. The summed E-state index contributed by atoms with van der Waals surface area (Å²) in [6, 6.07) is 4.65. The maximum Gasteiger partial charge on any atom is 0.103 e. The van der Waals surface area contributed by atoms with Gasteiger partial charge in [0.15, 0.2) is 0 Å². The van der Waals surface area contributed by atoms with Gasteiger partial charge in [0.25, 0.3) is 0 Å². The van der Waals surface area contributed by atoms with Gasteiger partial charge in [0.1, 0.15) is 5.69 Å². The minimum atomic E-state index is 0.697. The van der Waals surface area contributed by atoms with Crippen LogP contribution in [0.3, 0.4) is 0 Å². The third kappa shape index (κ3) is 2.11. The lowest BCUT2D eigenvalue weighted by atomic mass is 9.90. The second kappa shape index (κ2) is 5.18. The highest BCUT2D eigenvalue weighted by atomic mass is 15.2. The van der Waals surface area contributed by atoms with Crippen LogP contribution in [0.4, 0.5) is 0 Å². The van der Waals surface area contributed by atoms with Crippen molar-refractivity contribution >= 4 is 10.9 Å². The summed E-state index contributed by atoms with van der Waals surface area (Å²) in [5.41, 5.74) is 6.12. The van der Waals surface area contributed by atoms with Crippen molar-refractivity contribution < 1.29 is 0 Å². The van der Waals surface area contributed by atoms with Crippen LogP contribution < -0.4 is 5.32 Å². The van der Waals surface area contributed by atoms with Gasteiger partial charge in [0.2, 0.25) is 0 Å². The number of aromatic nitrogens is 4. The molecule has 2 unspecified atom stereocenters. The van der Waals surface area contributed by atoms with Gasteiger partial charge in [-0.3, -0.25) is 9.78 Å². The monoisotopic (exact) mass is 321 g/mol. The van der Waals surface area contributed by atoms with Crippen LogP contribution in [0, 0.1) is 18.8 Å². The molecule has 0 radical (unpaired) electrons. The number of H-pyrrole nitrogens is 1. The van der Waals surface area contributed by atoms with Gasteiger partial charge in [0, 0.05) is 24.2 Å². The van der Waals surface area contributed by atoms with Crippen molar-refractivity contribution in [2.45, 2.75) is 25.7 Å². The Labute approximate surface area is 141 Å². The molecule has 0 amide bonds. The molecule has 2 fully saturated rings. The SMILES string of the molecule is Cc1cc2[nH]nc(-c3cnn(C)c3)c2cc1C1CC2CNCC2C1. The molecule has 0 bridgehead atoms. The summed E-state index contributed by atoms with van der Waals surface area (Å²) in [7, 11) is 1.94. The summed E-state index contributed by atoms with van der Waals surface area (Å²) in [6.07, 6.45) is 6.57. The summed E-state index contributed by atoms with van der Waals surface area (Å²) in [5, 5.41) is 16.8. The van der Waals surface area contributed by atoms with E-state index in [0.29, 0.717) is 5.92 Å². The zero-order valence-corrected chi connectivity index (χ0v) is 14.2. The minimum Gasteiger partial charge on any atom is -0.316 e. The van der Waals surface area contributed by atoms with Crippen molar-refractivity contribution in [3.63, 3.8) is 0 Å². The number of hydrogen-bond donors (Lipinski definition) is 2. The Morgan fingerprint density at radius 2 is 1.96 bits per heavy atom. The van der Waals surface area contributed by atoms with Crippen LogP contribution in [-0.2, 0) is 7.05 Å². The van der Waals surface area contributed by atoms with Gasteiger partial charge < -0.3 is 5.32 Å². The quantitative estimate of drug-likeness (QED) is 0.763. The number of nitrogens with zero attached hydrogens (tertiary/aromatic N) is 3. The van der Waals surface area contributed by atoms with Gasteiger partial charge in [-0.15, -0.1) is 0 Å². The van der Waals surface area contributed by atoms with Crippen LogP contribution in [0.15, 0.2) is 24.5 Å². The first-order chi connectivity index (χ1) is 11.7. The molecule has 2 aliphatic rings. The standard InChI is InChI=1S/C19H23N5/c1-11-3-18-17(19(23-22-18)15-9-21-24(2)10-15)6-16(11)12-4-13-7-20-8-14(13)5-12/h3,6,9-10,12-14,20H,4-5,7-8H2,1-2H3,(H,22,23). The van der Waals surface area contributed by atoms with E-state index in [1.807, 2.05) is 24.1 Å². The fourth-order valence-corrected chi connectivity index (χ4v) is 4.81. The lowest BCUT2D eigenvalue weighted by molar-refractivity contribution is 0.494. The molecular weight excluding hydrogens is 298 g/mol. The molecule has 2 aromatic heterocycles. The Balaban J connectivity index is 1.58. The summed E-state index contributed by atoms with van der Waals surface area (Å²) in [5.74, 6) is 2.43. The third-order valence-electron chi connectivity index (χ3n) is 6.02. The van der Waals surface area contributed by atoms with E-state index in [1.54, 1.807) is 0 Å². The smallest absolute Gasteiger partial charge is 0.103 e. The zero-order valence-electron chi connectivity index (χ0n) is 14.2. The predicted octanol–water partition coefficient (Wildman–Crippen LogP) is 2.98. The van der Waals surface area contributed by atoms with E-state index >= 15 is 0 Å². The molecule has 24 heavy (non-hydrogen) atoms. The predicted molar refractivity (Wildman–Crippen MR) is 94.9 cm³/mol. The number of fused-ring (bicyclic) bond motifs is 2. The first kappa shape index (κ1) is 14.2. The molecule has 1 aromatic carbocycles. The molecule has 5 rings (SSSR count). The number of nitrogens with one attached hydrogen (secondary N) is 2. The highest BCUT2D eigenvalue weighted by molar-refractivity contribution is 5.93. The van der Waals surface area contributed by atoms with Crippen LogP contribution in [0.2, 0.25) is 0 Å². The van der Waals surface area contributed by atoms with Crippen LogP contribution in [0.5, 0.6) is 0 Å². The molecular formula is C19H23N5. The second-order valence-electron chi connectivity index (χ2n) is 7.58. The highest BCUT2D eigenvalue weighted by Crippen LogP contribution is 2.45. The van der Waals surface area contributed by atoms with Crippen molar-refractivity contribution in [2.24, 2.45) is 18.9 Å². The van der Waals surface area contributed by atoms with E-state index in [-0.39, 0.29) is 0 Å². The Hall–Kier alpha value is -2.14. The maximum atomic E-state index is 4.56. The molecule has 5 heteroatoms. The number of aromatic amines is 1. The molecule has 2 N–H and O–H groups in total. The van der Waals surface area contributed by atoms with Gasteiger partial charge in [0.05, 0.1) is 11.7 Å². The normalized spacial score (nSPS) is 26.3. The van der Waals surface area contributed by atoms with Crippen LogP contribution in [0.1, 0.15) is 29.9 Å². The van der Waals surface area contributed by atoms with E-state index in [9.17, 15) is 0 Å². The van der Waals surface area contributed by atoms with Crippen molar-refractivity contribution in [1.82, 2.24) is 25.3 Å². The molecule has 5 nitrogen and oxygen atoms in total. The Morgan fingerprint density at radius 3 is 2.67 bits per heavy atom. The number of aryl methyl sites for hydroxylation is 2. The first-order valence-electron chi connectivity index (χ1n) is 8.87. The molecule has 3 heterocycles. The van der Waals surface area contributed by atoms with Crippen molar-refractivity contribution in [3.05, 3.63) is 35.7 Å². The summed E-state index contributed by atoms with van der Waals surface area (Å²) >= 11 is 0. The number of benzene rings is 1. The maximum absolute atomic E-state index is 4.56. The number of hydrogen-bond acceptors (Lipinski definition) is 3. The largest absolute Gasteiger partial charge is 0.316 e. The van der Waals surface area contributed by atoms with Gasteiger partial charge in [-0.2, -0.15) is 10.2 Å². The van der Waals surface area contributed by atoms with Crippen molar-refractivity contribution in [2.75, 3.05) is 13.1 Å². The van der Waals surface area contributed by atoms with Gasteiger partial charge in [-0.1, -0.05) is 0 Å². The van der Waals surface area contributed by atoms with E-state index in [1.165, 1.54) is 42.4 Å². The van der Waals surface area contributed by atoms with Gasteiger partial charge in [-0.25, -0.2) is 0 Å². The molecule has 0 spiro atoms. The topological polar surface area (TPSA) is 58.5 Å². The fourth-order valence-electron chi connectivity index (χ4n) is 4.81. The average molecular weight is 321 g/mol. The zero-order chi connectivity index (χ0) is 16.3. The molecule has 3 aromatic rings. The first-order valence-corrected chi connectivity index (χ1v) is 8.87. The minimum absolute atomic E-state index is 0.697. The summed E-state index contributed by atoms with van der Waals surface area (Å²) < 4.78 is 1.83. The molecule has 1 saturated heterocycles. The Bertz CT molecular complexity index is 894.